The third-order valence-corrected chi connectivity index (χ3v) is 5.54. The van der Waals surface area contributed by atoms with E-state index in [2.05, 4.69) is 10.4 Å². The molecule has 150 valence electrons. The predicted molar refractivity (Wildman–Crippen MR) is 116 cm³/mol. The Balaban J connectivity index is 1.76. The van der Waals surface area contributed by atoms with Crippen LogP contribution in [0.15, 0.2) is 64.4 Å². The highest BCUT2D eigenvalue weighted by Crippen LogP contribution is 2.23. The van der Waals surface area contributed by atoms with Gasteiger partial charge in [-0.3, -0.25) is 9.59 Å². The Labute approximate surface area is 173 Å². The Bertz CT molecular complexity index is 1090. The quantitative estimate of drug-likeness (QED) is 0.624. The summed E-state index contributed by atoms with van der Waals surface area (Å²) in [5.74, 6) is 0.513. The van der Waals surface area contributed by atoms with Crippen molar-refractivity contribution in [3.05, 3.63) is 76.1 Å². The third kappa shape index (κ3) is 5.06. The number of aryl methyl sites for hydroxylation is 2. The van der Waals surface area contributed by atoms with Crippen molar-refractivity contribution < 1.29 is 9.53 Å². The van der Waals surface area contributed by atoms with Crippen molar-refractivity contribution in [1.29, 1.82) is 0 Å². The smallest absolute Gasteiger partial charge is 0.271 e. The summed E-state index contributed by atoms with van der Waals surface area (Å²) in [6, 6.07) is 16.0. The number of hydrogen-bond acceptors (Lipinski definition) is 5. The average Bonchev–Trinajstić information content (AvgIpc) is 2.71. The van der Waals surface area contributed by atoms with Crippen LogP contribution in [-0.2, 0) is 4.79 Å². The summed E-state index contributed by atoms with van der Waals surface area (Å²) in [5, 5.41) is 7.50. The fourth-order valence-electron chi connectivity index (χ4n) is 2.68. The molecule has 1 aromatic heterocycles. The Morgan fingerprint density at radius 2 is 1.90 bits per heavy atom. The predicted octanol–water partition coefficient (Wildman–Crippen LogP) is 3.98. The van der Waals surface area contributed by atoms with E-state index in [0.29, 0.717) is 22.2 Å². The summed E-state index contributed by atoms with van der Waals surface area (Å²) in [4.78, 5) is 24.8. The lowest BCUT2D eigenvalue weighted by molar-refractivity contribution is -0.115. The van der Waals surface area contributed by atoms with Gasteiger partial charge in [0.15, 0.2) is 0 Å². The molecule has 2 aromatic carbocycles. The number of carbonyl (C=O) groups is 1. The number of carbonyl (C=O) groups excluding carboxylic acids is 1. The van der Waals surface area contributed by atoms with E-state index in [1.54, 1.807) is 32.2 Å². The largest absolute Gasteiger partial charge is 0.497 e. The van der Waals surface area contributed by atoms with Crippen LogP contribution in [0.25, 0.3) is 5.69 Å². The second-order valence-corrected chi connectivity index (χ2v) is 8.03. The van der Waals surface area contributed by atoms with Crippen LogP contribution in [0, 0.1) is 13.8 Å². The van der Waals surface area contributed by atoms with E-state index in [4.69, 9.17) is 4.74 Å². The second-order valence-electron chi connectivity index (χ2n) is 6.67. The third-order valence-electron chi connectivity index (χ3n) is 4.51. The van der Waals surface area contributed by atoms with E-state index >= 15 is 0 Å². The van der Waals surface area contributed by atoms with Crippen LogP contribution in [0.3, 0.4) is 0 Å². The first-order valence-corrected chi connectivity index (χ1v) is 10.0. The van der Waals surface area contributed by atoms with Crippen LogP contribution >= 0.6 is 11.8 Å². The molecule has 6 nitrogen and oxygen atoms in total. The maximum absolute atomic E-state index is 12.6. The van der Waals surface area contributed by atoms with Crippen LogP contribution in [0.1, 0.15) is 18.1 Å². The van der Waals surface area contributed by atoms with E-state index < -0.39 is 5.25 Å². The van der Waals surface area contributed by atoms with E-state index in [1.807, 2.05) is 44.2 Å². The number of hydrogen-bond donors (Lipinski definition) is 1. The first kappa shape index (κ1) is 20.7. The summed E-state index contributed by atoms with van der Waals surface area (Å²) in [6.45, 7) is 5.81. The molecule has 7 heteroatoms. The molecule has 0 saturated carbocycles. The average molecular weight is 410 g/mol. The minimum absolute atomic E-state index is 0.158. The standard InChI is InChI=1S/C22H23N3O3S/c1-14-8-9-18(12-15(14)2)25-21(26)11-10-20(24-25)29-16(3)22(27)23-17-6-5-7-19(13-17)28-4/h5-13,16H,1-4H3,(H,23,27)/t16-/m1/s1. The molecule has 3 rings (SSSR count). The molecule has 0 bridgehead atoms. The number of benzene rings is 2. The van der Waals surface area contributed by atoms with Crippen molar-refractivity contribution in [2.45, 2.75) is 31.0 Å². The highest BCUT2D eigenvalue weighted by molar-refractivity contribution is 8.00. The minimum Gasteiger partial charge on any atom is -0.497 e. The molecule has 29 heavy (non-hydrogen) atoms. The van der Waals surface area contributed by atoms with Gasteiger partial charge in [-0.25, -0.2) is 0 Å². The number of nitrogens with one attached hydrogen (secondary N) is 1. The van der Waals surface area contributed by atoms with E-state index in [1.165, 1.54) is 22.5 Å². The highest BCUT2D eigenvalue weighted by Gasteiger charge is 2.16. The Kier molecular flexibility index (Phi) is 6.39. The number of rotatable bonds is 6. The molecule has 0 saturated heterocycles. The molecule has 3 aromatic rings. The molecule has 0 unspecified atom stereocenters. The number of nitrogens with zero attached hydrogens (tertiary/aromatic N) is 2. The number of anilines is 1. The number of amides is 1. The van der Waals surface area contributed by atoms with Gasteiger partial charge in [-0.1, -0.05) is 23.9 Å². The summed E-state index contributed by atoms with van der Waals surface area (Å²) in [5.41, 5.74) is 3.38. The minimum atomic E-state index is -0.403. The monoisotopic (exact) mass is 409 g/mol. The van der Waals surface area contributed by atoms with Crippen LogP contribution in [0.2, 0.25) is 0 Å². The van der Waals surface area contributed by atoms with E-state index in [9.17, 15) is 9.59 Å². The molecule has 1 atom stereocenters. The van der Waals surface area contributed by atoms with Gasteiger partial charge in [-0.2, -0.15) is 9.78 Å². The van der Waals surface area contributed by atoms with Crippen molar-refractivity contribution in [1.82, 2.24) is 9.78 Å². The molecule has 0 aliphatic rings. The zero-order chi connectivity index (χ0) is 21.0. The fraction of sp³-hybridized carbons (Fsp3) is 0.227. The van der Waals surface area contributed by atoms with Gasteiger partial charge in [0, 0.05) is 17.8 Å². The number of aromatic nitrogens is 2. The Morgan fingerprint density at radius 1 is 1.10 bits per heavy atom. The summed E-state index contributed by atoms with van der Waals surface area (Å²) in [6.07, 6.45) is 0. The van der Waals surface area contributed by atoms with Gasteiger partial charge in [-0.05, 0) is 62.2 Å². The SMILES string of the molecule is COc1cccc(NC(=O)[C@@H](C)Sc2ccc(=O)n(-c3ccc(C)c(C)c3)n2)c1. The first-order chi connectivity index (χ1) is 13.9. The van der Waals surface area contributed by atoms with E-state index in [-0.39, 0.29) is 11.5 Å². The molecule has 0 aliphatic carbocycles. The zero-order valence-corrected chi connectivity index (χ0v) is 17.6. The number of ether oxygens (including phenoxy) is 1. The normalized spacial score (nSPS) is 11.7. The van der Waals surface area contributed by atoms with Crippen LogP contribution < -0.4 is 15.6 Å². The molecular weight excluding hydrogens is 386 g/mol. The van der Waals surface area contributed by atoms with Gasteiger partial charge < -0.3 is 10.1 Å². The molecule has 1 amide bonds. The summed E-state index contributed by atoms with van der Waals surface area (Å²) < 4.78 is 6.54. The van der Waals surface area contributed by atoms with Gasteiger partial charge >= 0.3 is 0 Å². The van der Waals surface area contributed by atoms with Crippen LogP contribution in [0.5, 0.6) is 5.75 Å². The van der Waals surface area contributed by atoms with Crippen molar-refractivity contribution in [3.8, 4) is 11.4 Å². The van der Waals surface area contributed by atoms with Crippen LogP contribution in [0.4, 0.5) is 5.69 Å². The van der Waals surface area contributed by atoms with Gasteiger partial charge in [0.2, 0.25) is 5.91 Å². The second kappa shape index (κ2) is 8.96. The lowest BCUT2D eigenvalue weighted by Crippen LogP contribution is -2.24. The first-order valence-electron chi connectivity index (χ1n) is 9.17. The van der Waals surface area contributed by atoms with Gasteiger partial charge in [0.25, 0.3) is 5.56 Å². The molecule has 0 fully saturated rings. The molecular formula is C22H23N3O3S. The topological polar surface area (TPSA) is 73.2 Å². The van der Waals surface area contributed by atoms with Gasteiger partial charge in [0.1, 0.15) is 10.8 Å². The summed E-state index contributed by atoms with van der Waals surface area (Å²) in [7, 11) is 1.58. The van der Waals surface area contributed by atoms with Crippen LogP contribution in [-0.4, -0.2) is 28.0 Å². The molecule has 0 spiro atoms. The van der Waals surface area contributed by atoms with Crippen molar-refractivity contribution in [3.63, 3.8) is 0 Å². The van der Waals surface area contributed by atoms with Gasteiger partial charge in [0.05, 0.1) is 18.0 Å². The van der Waals surface area contributed by atoms with Crippen molar-refractivity contribution in [2.75, 3.05) is 12.4 Å². The fourth-order valence-corrected chi connectivity index (χ4v) is 3.48. The maximum Gasteiger partial charge on any atom is 0.271 e. The summed E-state index contributed by atoms with van der Waals surface area (Å²) >= 11 is 1.29. The Hall–Kier alpha value is -3.06. The van der Waals surface area contributed by atoms with E-state index in [0.717, 1.165) is 11.1 Å². The number of methoxy groups -OCH3 is 1. The lowest BCUT2D eigenvalue weighted by Gasteiger charge is -2.13. The molecule has 0 radical (unpaired) electrons. The lowest BCUT2D eigenvalue weighted by atomic mass is 10.1. The van der Waals surface area contributed by atoms with Crippen molar-refractivity contribution >= 4 is 23.4 Å². The Morgan fingerprint density at radius 3 is 2.62 bits per heavy atom. The zero-order valence-electron chi connectivity index (χ0n) is 16.8. The number of thioether (sulfide) groups is 1. The molecule has 1 N–H and O–H groups in total. The molecule has 1 heterocycles. The highest BCUT2D eigenvalue weighted by atomic mass is 32.2. The van der Waals surface area contributed by atoms with Crippen molar-refractivity contribution in [2.24, 2.45) is 0 Å². The molecule has 0 aliphatic heterocycles. The maximum atomic E-state index is 12.6. The van der Waals surface area contributed by atoms with Gasteiger partial charge in [-0.15, -0.1) is 0 Å².